The number of aliphatic imine (C=N–C) groups is 1. The molecule has 2 rings (SSSR count). The van der Waals surface area contributed by atoms with Crippen LogP contribution in [0.4, 0.5) is 10.5 Å². The predicted molar refractivity (Wildman–Crippen MR) is 126 cm³/mol. The lowest BCUT2D eigenvalue weighted by Crippen LogP contribution is -2.44. The van der Waals surface area contributed by atoms with Crippen molar-refractivity contribution >= 4 is 47.6 Å². The van der Waals surface area contributed by atoms with Gasteiger partial charge < -0.3 is 25.6 Å². The molecule has 0 bridgehead atoms. The number of anilines is 1. The third-order valence-corrected chi connectivity index (χ3v) is 4.29. The third-order valence-electron chi connectivity index (χ3n) is 4.29. The Morgan fingerprint density at radius 2 is 2.00 bits per heavy atom. The molecule has 162 valence electrons. The summed E-state index contributed by atoms with van der Waals surface area (Å²) in [5.74, 6) is 0.724. The Morgan fingerprint density at radius 3 is 2.66 bits per heavy atom. The number of halogens is 1. The van der Waals surface area contributed by atoms with Crippen LogP contribution in [0.15, 0.2) is 29.3 Å². The molecule has 1 aliphatic heterocycles. The molecule has 0 aliphatic carbocycles. The average molecular weight is 517 g/mol. The minimum absolute atomic E-state index is 0. The van der Waals surface area contributed by atoms with Crippen molar-refractivity contribution in [2.75, 3.05) is 39.0 Å². The van der Waals surface area contributed by atoms with Crippen LogP contribution in [0.1, 0.15) is 38.7 Å². The summed E-state index contributed by atoms with van der Waals surface area (Å²) in [6, 6.07) is 7.84. The van der Waals surface area contributed by atoms with E-state index >= 15 is 0 Å². The van der Waals surface area contributed by atoms with E-state index in [1.54, 1.807) is 14.1 Å². The summed E-state index contributed by atoms with van der Waals surface area (Å²) >= 11 is 0. The second kappa shape index (κ2) is 11.2. The van der Waals surface area contributed by atoms with E-state index in [-0.39, 0.29) is 41.9 Å². The second-order valence-corrected chi connectivity index (χ2v) is 7.82. The van der Waals surface area contributed by atoms with Gasteiger partial charge in [-0.15, -0.1) is 24.0 Å². The molecule has 29 heavy (non-hydrogen) atoms. The van der Waals surface area contributed by atoms with Crippen LogP contribution in [0.5, 0.6) is 0 Å². The Bertz CT molecular complexity index is 733. The lowest BCUT2D eigenvalue weighted by molar-refractivity contribution is -0.116. The first kappa shape index (κ1) is 25.0. The van der Waals surface area contributed by atoms with Crippen LogP contribution < -0.4 is 16.0 Å². The first-order valence-electron chi connectivity index (χ1n) is 9.47. The number of carbonyl (C=O) groups excluding carboxylic acids is 2. The molecule has 9 heteroatoms. The number of nitrogens with one attached hydrogen (secondary N) is 3. The first-order chi connectivity index (χ1) is 13.2. The number of hydrogen-bond donors (Lipinski definition) is 3. The largest absolute Gasteiger partial charge is 0.444 e. The minimum atomic E-state index is -0.515. The summed E-state index contributed by atoms with van der Waals surface area (Å²) in [5, 5.41) is 9.35. The maximum Gasteiger partial charge on any atom is 0.410 e. The fourth-order valence-corrected chi connectivity index (χ4v) is 2.90. The molecule has 1 aromatic rings. The normalized spacial score (nSPS) is 16.1. The van der Waals surface area contributed by atoms with Crippen molar-refractivity contribution in [1.29, 1.82) is 0 Å². The van der Waals surface area contributed by atoms with Gasteiger partial charge in [-0.2, -0.15) is 0 Å². The van der Waals surface area contributed by atoms with E-state index in [1.807, 2.05) is 45.0 Å². The number of para-hydroxylation sites is 1. The maximum atomic E-state index is 12.0. The van der Waals surface area contributed by atoms with Crippen molar-refractivity contribution in [3.63, 3.8) is 0 Å². The number of hydrogen-bond acceptors (Lipinski definition) is 4. The number of guanidine groups is 1. The van der Waals surface area contributed by atoms with Crippen molar-refractivity contribution in [2.24, 2.45) is 4.99 Å². The molecule has 1 aromatic carbocycles. The summed E-state index contributed by atoms with van der Waals surface area (Å²) < 4.78 is 5.33. The number of likely N-dealkylation sites (N-methyl/N-ethyl adjacent to an activating group) is 1. The molecule has 3 N–H and O–H groups in total. The van der Waals surface area contributed by atoms with E-state index in [0.29, 0.717) is 32.0 Å². The number of ether oxygens (including phenoxy) is 1. The average Bonchev–Trinajstić information content (AvgIpc) is 2.62. The van der Waals surface area contributed by atoms with Gasteiger partial charge in [0.05, 0.1) is 0 Å². The van der Waals surface area contributed by atoms with Gasteiger partial charge in [-0.3, -0.25) is 9.79 Å². The van der Waals surface area contributed by atoms with Crippen LogP contribution >= 0.6 is 24.0 Å². The molecule has 0 saturated carbocycles. The summed E-state index contributed by atoms with van der Waals surface area (Å²) in [5.41, 5.74) is 1.47. The Kier molecular flexibility index (Phi) is 9.67. The molecule has 1 atom stereocenters. The molecule has 0 spiro atoms. The molecular formula is C20H32IN5O3. The number of amides is 2. The van der Waals surface area contributed by atoms with Gasteiger partial charge in [0, 0.05) is 51.8 Å². The number of nitrogens with zero attached hydrogens (tertiary/aromatic N) is 2. The maximum absolute atomic E-state index is 12.0. The van der Waals surface area contributed by atoms with Crippen LogP contribution in [0.2, 0.25) is 0 Å². The number of rotatable bonds is 5. The van der Waals surface area contributed by atoms with Gasteiger partial charge in [0.1, 0.15) is 5.60 Å². The molecule has 1 aliphatic rings. The lowest BCUT2D eigenvalue weighted by atomic mass is 9.90. The summed E-state index contributed by atoms with van der Waals surface area (Å²) in [7, 11) is 3.39. The standard InChI is InChI=1S/C20H31N5O3.HI/c1-20(2,3)28-19(27)25(5)11-10-22-18(21-4)23-13-14-12-17(26)24-16-9-7-6-8-15(14)16;/h6-9,14H,10-13H2,1-5H3,(H,24,26)(H2,21,22,23);1H. The SMILES string of the molecule is CN=C(NCCN(C)C(=O)OC(C)(C)C)NCC1CC(=O)Nc2ccccc21.I. The van der Waals surface area contributed by atoms with Crippen molar-refractivity contribution in [3.05, 3.63) is 29.8 Å². The van der Waals surface area contributed by atoms with Crippen molar-refractivity contribution in [2.45, 2.75) is 38.7 Å². The zero-order valence-electron chi connectivity index (χ0n) is 17.7. The Labute approximate surface area is 189 Å². The summed E-state index contributed by atoms with van der Waals surface area (Å²) in [4.78, 5) is 29.6. The fraction of sp³-hybridized carbons (Fsp3) is 0.550. The van der Waals surface area contributed by atoms with Crippen LogP contribution in [0, 0.1) is 0 Å². The molecule has 1 unspecified atom stereocenters. The van der Waals surface area contributed by atoms with Gasteiger partial charge in [0.15, 0.2) is 5.96 Å². The molecular weight excluding hydrogens is 485 g/mol. The number of carbonyl (C=O) groups is 2. The molecule has 0 saturated heterocycles. The smallest absolute Gasteiger partial charge is 0.410 e. The quantitative estimate of drug-likeness (QED) is 0.317. The Hall–Kier alpha value is -2.04. The van der Waals surface area contributed by atoms with Gasteiger partial charge in [-0.1, -0.05) is 18.2 Å². The van der Waals surface area contributed by atoms with E-state index in [2.05, 4.69) is 20.9 Å². The van der Waals surface area contributed by atoms with E-state index in [4.69, 9.17) is 4.74 Å². The van der Waals surface area contributed by atoms with E-state index in [0.717, 1.165) is 11.3 Å². The third kappa shape index (κ3) is 8.08. The van der Waals surface area contributed by atoms with E-state index in [9.17, 15) is 9.59 Å². The Balaban J connectivity index is 0.00000420. The summed E-state index contributed by atoms with van der Waals surface area (Å²) in [6.45, 7) is 7.11. The highest BCUT2D eigenvalue weighted by molar-refractivity contribution is 14.0. The molecule has 0 aromatic heterocycles. The number of benzene rings is 1. The highest BCUT2D eigenvalue weighted by atomic mass is 127. The fourth-order valence-electron chi connectivity index (χ4n) is 2.90. The highest BCUT2D eigenvalue weighted by Gasteiger charge is 2.25. The molecule has 1 heterocycles. The zero-order chi connectivity index (χ0) is 20.7. The zero-order valence-corrected chi connectivity index (χ0v) is 20.1. The highest BCUT2D eigenvalue weighted by Crippen LogP contribution is 2.31. The van der Waals surface area contributed by atoms with Crippen molar-refractivity contribution < 1.29 is 14.3 Å². The van der Waals surface area contributed by atoms with Crippen LogP contribution in [0.3, 0.4) is 0 Å². The van der Waals surface area contributed by atoms with Gasteiger partial charge in [0.2, 0.25) is 5.91 Å². The van der Waals surface area contributed by atoms with Crippen LogP contribution in [-0.4, -0.2) is 62.2 Å². The molecule has 2 amide bonds. The second-order valence-electron chi connectivity index (χ2n) is 7.82. The minimum Gasteiger partial charge on any atom is -0.444 e. The molecule has 0 radical (unpaired) electrons. The monoisotopic (exact) mass is 517 g/mol. The van der Waals surface area contributed by atoms with E-state index in [1.165, 1.54) is 4.90 Å². The predicted octanol–water partition coefficient (Wildman–Crippen LogP) is 2.76. The number of fused-ring (bicyclic) bond motifs is 1. The first-order valence-corrected chi connectivity index (χ1v) is 9.47. The van der Waals surface area contributed by atoms with Crippen molar-refractivity contribution in [1.82, 2.24) is 15.5 Å². The summed E-state index contributed by atoms with van der Waals surface area (Å²) in [6.07, 6.45) is 0.0737. The van der Waals surface area contributed by atoms with Crippen LogP contribution in [0.25, 0.3) is 0 Å². The van der Waals surface area contributed by atoms with Crippen molar-refractivity contribution in [3.8, 4) is 0 Å². The Morgan fingerprint density at radius 1 is 1.31 bits per heavy atom. The van der Waals surface area contributed by atoms with Gasteiger partial charge in [0.25, 0.3) is 0 Å². The van der Waals surface area contributed by atoms with Gasteiger partial charge >= 0.3 is 6.09 Å². The van der Waals surface area contributed by atoms with Gasteiger partial charge in [-0.25, -0.2) is 4.79 Å². The molecule has 0 fully saturated rings. The van der Waals surface area contributed by atoms with Gasteiger partial charge in [-0.05, 0) is 32.4 Å². The van der Waals surface area contributed by atoms with Crippen LogP contribution in [-0.2, 0) is 9.53 Å². The topological polar surface area (TPSA) is 95.1 Å². The lowest BCUT2D eigenvalue weighted by Gasteiger charge is -2.27. The molecule has 8 nitrogen and oxygen atoms in total. The van der Waals surface area contributed by atoms with E-state index < -0.39 is 5.60 Å².